The molecule has 1 N–H and O–H groups in total. The van der Waals surface area contributed by atoms with Crippen LogP contribution in [0.15, 0.2) is 24.3 Å². The van der Waals surface area contributed by atoms with Crippen molar-refractivity contribution in [2.24, 2.45) is 0 Å². The monoisotopic (exact) mass is 246 g/mol. The van der Waals surface area contributed by atoms with E-state index in [0.29, 0.717) is 5.69 Å². The van der Waals surface area contributed by atoms with Gasteiger partial charge in [-0.1, -0.05) is 6.07 Å². The Labute approximate surface area is 99.4 Å². The summed E-state index contributed by atoms with van der Waals surface area (Å²) in [6.45, 7) is 1.57. The largest absolute Gasteiger partial charge is 0.416 e. The summed E-state index contributed by atoms with van der Waals surface area (Å²) in [6.07, 6.45) is -3.38. The van der Waals surface area contributed by atoms with Crippen molar-refractivity contribution in [1.29, 1.82) is 0 Å². The molecule has 0 unspecified atom stereocenters. The molecule has 17 heavy (non-hydrogen) atoms. The fourth-order valence-electron chi connectivity index (χ4n) is 1.54. The topological polar surface area (TPSA) is 15.3 Å². The average molecular weight is 246 g/mol. The van der Waals surface area contributed by atoms with Gasteiger partial charge in [0.2, 0.25) is 0 Å². The number of alkyl halides is 3. The normalized spacial score (nSPS) is 11.6. The molecular weight excluding hydrogens is 229 g/mol. The second-order valence-corrected chi connectivity index (χ2v) is 3.93. The molecule has 0 bridgehead atoms. The predicted octanol–water partition coefficient (Wildman–Crippen LogP) is 2.75. The summed E-state index contributed by atoms with van der Waals surface area (Å²) >= 11 is 0. The summed E-state index contributed by atoms with van der Waals surface area (Å²) in [5.74, 6) is 0. The van der Waals surface area contributed by atoms with Crippen LogP contribution >= 0.6 is 0 Å². The maximum atomic E-state index is 12.5. The molecule has 2 nitrogen and oxygen atoms in total. The molecule has 1 rings (SSSR count). The Morgan fingerprint density at radius 3 is 2.59 bits per heavy atom. The van der Waals surface area contributed by atoms with E-state index >= 15 is 0 Å². The van der Waals surface area contributed by atoms with E-state index in [9.17, 15) is 13.2 Å². The Kier molecular flexibility index (Phi) is 4.81. The van der Waals surface area contributed by atoms with Gasteiger partial charge >= 0.3 is 6.18 Å². The minimum atomic E-state index is -4.28. The van der Waals surface area contributed by atoms with E-state index in [0.717, 1.165) is 25.6 Å². The molecule has 5 heteroatoms. The highest BCUT2D eigenvalue weighted by Crippen LogP contribution is 2.31. The lowest BCUT2D eigenvalue weighted by Crippen LogP contribution is -2.22. The lowest BCUT2D eigenvalue weighted by molar-refractivity contribution is -0.137. The van der Waals surface area contributed by atoms with Crippen molar-refractivity contribution < 1.29 is 13.2 Å². The molecule has 0 aliphatic rings. The van der Waals surface area contributed by atoms with Crippen LogP contribution in [0.3, 0.4) is 0 Å². The van der Waals surface area contributed by atoms with Crippen molar-refractivity contribution in [3.8, 4) is 0 Å². The zero-order chi connectivity index (χ0) is 12.9. The summed E-state index contributed by atoms with van der Waals surface area (Å²) in [5.41, 5.74) is -0.00797. The third kappa shape index (κ3) is 4.26. The van der Waals surface area contributed by atoms with Crippen molar-refractivity contribution in [1.82, 2.24) is 5.32 Å². The van der Waals surface area contributed by atoms with Gasteiger partial charge in [-0.2, -0.15) is 13.2 Å². The molecule has 0 saturated heterocycles. The summed E-state index contributed by atoms with van der Waals surface area (Å²) in [5, 5.41) is 3.00. The molecule has 96 valence electrons. The minimum Gasteiger partial charge on any atom is -0.375 e. The van der Waals surface area contributed by atoms with Crippen LogP contribution in [0, 0.1) is 0 Å². The summed E-state index contributed by atoms with van der Waals surface area (Å²) in [7, 11) is 3.65. The van der Waals surface area contributed by atoms with Gasteiger partial charge in [0.05, 0.1) is 5.56 Å². The Bertz CT molecular complexity index is 350. The number of benzene rings is 1. The second-order valence-electron chi connectivity index (χ2n) is 3.93. The van der Waals surface area contributed by atoms with Gasteiger partial charge < -0.3 is 10.2 Å². The van der Waals surface area contributed by atoms with Gasteiger partial charge in [-0.25, -0.2) is 0 Å². The second kappa shape index (κ2) is 5.91. The fraction of sp³-hybridized carbons (Fsp3) is 0.500. The van der Waals surface area contributed by atoms with Crippen molar-refractivity contribution >= 4 is 5.69 Å². The molecule has 0 fully saturated rings. The number of hydrogen-bond donors (Lipinski definition) is 1. The lowest BCUT2D eigenvalue weighted by atomic mass is 10.2. The zero-order valence-corrected chi connectivity index (χ0v) is 10.0. The van der Waals surface area contributed by atoms with Crippen molar-refractivity contribution in [3.05, 3.63) is 29.8 Å². The molecule has 0 saturated carbocycles. The Hall–Kier alpha value is -1.23. The molecule has 1 aromatic carbocycles. The van der Waals surface area contributed by atoms with E-state index in [1.165, 1.54) is 12.1 Å². The maximum absolute atomic E-state index is 12.5. The standard InChI is InChI=1S/C12H17F3N2/c1-16-7-4-8-17(2)11-6-3-5-10(9-11)12(13,14)15/h3,5-6,9,16H,4,7-8H2,1-2H3. The van der Waals surface area contributed by atoms with Crippen molar-refractivity contribution in [3.63, 3.8) is 0 Å². The maximum Gasteiger partial charge on any atom is 0.416 e. The van der Waals surface area contributed by atoms with Crippen molar-refractivity contribution in [2.45, 2.75) is 12.6 Å². The molecule has 0 spiro atoms. The molecular formula is C12H17F3N2. The van der Waals surface area contributed by atoms with Gasteiger partial charge in [0.1, 0.15) is 0 Å². The quantitative estimate of drug-likeness (QED) is 0.804. The van der Waals surface area contributed by atoms with Gasteiger partial charge in [-0.15, -0.1) is 0 Å². The Morgan fingerprint density at radius 2 is 2.00 bits per heavy atom. The molecule has 0 aliphatic heterocycles. The van der Waals surface area contributed by atoms with Crippen LogP contribution in [0.1, 0.15) is 12.0 Å². The van der Waals surface area contributed by atoms with Crippen molar-refractivity contribution in [2.75, 3.05) is 32.1 Å². The molecule has 0 atom stereocenters. The van der Waals surface area contributed by atoms with E-state index < -0.39 is 11.7 Å². The van der Waals surface area contributed by atoms with Gasteiger partial charge in [-0.05, 0) is 38.2 Å². The minimum absolute atomic E-state index is 0.593. The molecule has 1 aromatic rings. The number of hydrogen-bond acceptors (Lipinski definition) is 2. The fourth-order valence-corrected chi connectivity index (χ4v) is 1.54. The molecule has 0 aliphatic carbocycles. The number of nitrogens with one attached hydrogen (secondary N) is 1. The number of rotatable bonds is 5. The van der Waals surface area contributed by atoms with E-state index in [4.69, 9.17) is 0 Å². The molecule has 0 aromatic heterocycles. The first-order valence-electron chi connectivity index (χ1n) is 5.48. The smallest absolute Gasteiger partial charge is 0.375 e. The highest BCUT2D eigenvalue weighted by molar-refractivity contribution is 5.48. The first-order valence-corrected chi connectivity index (χ1v) is 5.48. The van der Waals surface area contributed by atoms with Crippen LogP contribution < -0.4 is 10.2 Å². The summed E-state index contributed by atoms with van der Waals surface area (Å²) < 4.78 is 37.5. The van der Waals surface area contributed by atoms with Crippen LogP contribution in [0.5, 0.6) is 0 Å². The van der Waals surface area contributed by atoms with Crippen LogP contribution in [-0.4, -0.2) is 27.2 Å². The predicted molar refractivity (Wildman–Crippen MR) is 63.3 cm³/mol. The van der Waals surface area contributed by atoms with E-state index in [1.54, 1.807) is 13.1 Å². The first-order chi connectivity index (χ1) is 7.95. The third-order valence-electron chi connectivity index (χ3n) is 2.53. The van der Waals surface area contributed by atoms with E-state index in [1.807, 2.05) is 11.9 Å². The lowest BCUT2D eigenvalue weighted by Gasteiger charge is -2.20. The van der Waals surface area contributed by atoms with Gasteiger partial charge in [0.15, 0.2) is 0 Å². The van der Waals surface area contributed by atoms with Crippen LogP contribution in [0.4, 0.5) is 18.9 Å². The highest BCUT2D eigenvalue weighted by Gasteiger charge is 2.30. The van der Waals surface area contributed by atoms with Gasteiger partial charge in [-0.3, -0.25) is 0 Å². The first kappa shape index (κ1) is 13.8. The number of halogens is 3. The van der Waals surface area contributed by atoms with Crippen LogP contribution in [-0.2, 0) is 6.18 Å². The van der Waals surface area contributed by atoms with E-state index in [2.05, 4.69) is 5.32 Å². The Balaban J connectivity index is 2.71. The highest BCUT2D eigenvalue weighted by atomic mass is 19.4. The van der Waals surface area contributed by atoms with Crippen LogP contribution in [0.2, 0.25) is 0 Å². The van der Waals surface area contributed by atoms with Gasteiger partial charge in [0.25, 0.3) is 0 Å². The summed E-state index contributed by atoms with van der Waals surface area (Å²) in [6, 6.07) is 5.39. The summed E-state index contributed by atoms with van der Waals surface area (Å²) in [4.78, 5) is 1.83. The number of anilines is 1. The third-order valence-corrected chi connectivity index (χ3v) is 2.53. The average Bonchev–Trinajstić information content (AvgIpc) is 2.28. The van der Waals surface area contributed by atoms with E-state index in [-0.39, 0.29) is 0 Å². The molecule has 0 amide bonds. The number of nitrogens with zero attached hydrogens (tertiary/aromatic N) is 1. The van der Waals surface area contributed by atoms with Gasteiger partial charge in [0, 0.05) is 19.3 Å². The zero-order valence-electron chi connectivity index (χ0n) is 10.0. The molecule has 0 heterocycles. The molecule has 0 radical (unpaired) electrons. The SMILES string of the molecule is CNCCCN(C)c1cccc(C(F)(F)F)c1. The Morgan fingerprint density at radius 1 is 1.29 bits per heavy atom. The van der Waals surface area contributed by atoms with Crippen LogP contribution in [0.25, 0.3) is 0 Å².